The number of alkyl halides is 3. The highest BCUT2D eigenvalue weighted by atomic mass is 32.2. The molecule has 0 bridgehead atoms. The van der Waals surface area contributed by atoms with E-state index in [1.807, 2.05) is 0 Å². The van der Waals surface area contributed by atoms with E-state index in [1.165, 1.54) is 41.0 Å². The van der Waals surface area contributed by atoms with Gasteiger partial charge < -0.3 is 9.73 Å². The van der Waals surface area contributed by atoms with Crippen LogP contribution in [-0.2, 0) is 17.5 Å². The number of benzene rings is 3. The Morgan fingerprint density at radius 1 is 1.03 bits per heavy atom. The molecule has 2 aromatic heterocycles. The molecule has 1 N–H and O–H groups in total. The van der Waals surface area contributed by atoms with Gasteiger partial charge in [-0.15, -0.1) is 0 Å². The molecule has 0 aliphatic heterocycles. The number of furan rings is 1. The van der Waals surface area contributed by atoms with Crippen LogP contribution in [0, 0.1) is 5.82 Å². The van der Waals surface area contributed by atoms with Gasteiger partial charge in [-0.2, -0.15) is 13.2 Å². The number of para-hydroxylation sites is 1. The quantitative estimate of drug-likeness (QED) is 0.165. The van der Waals surface area contributed by atoms with Crippen LogP contribution in [0.5, 0.6) is 0 Å². The molecule has 2 heterocycles. The maximum Gasteiger partial charge on any atom is 0.416 e. The zero-order chi connectivity index (χ0) is 26.2. The minimum Gasteiger partial charge on any atom is -0.448 e. The lowest BCUT2D eigenvalue weighted by Crippen LogP contribution is -2.24. The fraction of sp³-hybridized carbons (Fsp3) is 0.115. The summed E-state index contributed by atoms with van der Waals surface area (Å²) in [6, 6.07) is 16.9. The number of hydrogen-bond donors (Lipinski definition) is 1. The number of rotatable bonds is 6. The van der Waals surface area contributed by atoms with Crippen molar-refractivity contribution in [3.8, 4) is 0 Å². The number of halogens is 4. The Hall–Kier alpha value is -4.12. The first-order valence-corrected chi connectivity index (χ1v) is 11.9. The first kappa shape index (κ1) is 24.6. The van der Waals surface area contributed by atoms with Crippen LogP contribution < -0.4 is 10.9 Å². The second-order valence-electron chi connectivity index (χ2n) is 8.10. The zero-order valence-corrected chi connectivity index (χ0v) is 19.7. The van der Waals surface area contributed by atoms with Gasteiger partial charge in [0.05, 0.1) is 17.9 Å². The van der Waals surface area contributed by atoms with Crippen LogP contribution in [-0.4, -0.2) is 21.2 Å². The molecule has 5 rings (SSSR count). The number of carbonyl (C=O) groups is 1. The van der Waals surface area contributed by atoms with Gasteiger partial charge in [-0.3, -0.25) is 14.2 Å². The molecular formula is C26H17F4N3O3S. The summed E-state index contributed by atoms with van der Waals surface area (Å²) in [4.78, 5) is 30.6. The molecule has 188 valence electrons. The monoisotopic (exact) mass is 527 g/mol. The van der Waals surface area contributed by atoms with Crippen LogP contribution in [0.1, 0.15) is 11.1 Å². The minimum atomic E-state index is -4.54. The van der Waals surface area contributed by atoms with Gasteiger partial charge in [0.25, 0.3) is 5.56 Å². The van der Waals surface area contributed by atoms with Gasteiger partial charge in [0.2, 0.25) is 11.5 Å². The van der Waals surface area contributed by atoms with Crippen molar-refractivity contribution in [1.29, 1.82) is 0 Å². The molecule has 0 saturated carbocycles. The Balaban J connectivity index is 1.46. The van der Waals surface area contributed by atoms with Crippen molar-refractivity contribution in [2.24, 2.45) is 0 Å². The largest absolute Gasteiger partial charge is 0.448 e. The molecule has 37 heavy (non-hydrogen) atoms. The highest BCUT2D eigenvalue weighted by Gasteiger charge is 2.30. The van der Waals surface area contributed by atoms with E-state index in [9.17, 15) is 27.2 Å². The third-order valence-corrected chi connectivity index (χ3v) is 6.48. The van der Waals surface area contributed by atoms with E-state index in [2.05, 4.69) is 10.3 Å². The highest BCUT2D eigenvalue weighted by molar-refractivity contribution is 7.99. The molecule has 3 aromatic carbocycles. The van der Waals surface area contributed by atoms with Gasteiger partial charge in [0.1, 0.15) is 16.9 Å². The van der Waals surface area contributed by atoms with Crippen LogP contribution >= 0.6 is 11.8 Å². The van der Waals surface area contributed by atoms with Gasteiger partial charge in [-0.1, -0.05) is 42.1 Å². The lowest BCUT2D eigenvalue weighted by atomic mass is 10.2. The van der Waals surface area contributed by atoms with Crippen molar-refractivity contribution in [2.75, 3.05) is 11.1 Å². The van der Waals surface area contributed by atoms with Crippen molar-refractivity contribution in [3.63, 3.8) is 0 Å². The van der Waals surface area contributed by atoms with Crippen molar-refractivity contribution < 1.29 is 26.8 Å². The molecule has 0 saturated heterocycles. The summed E-state index contributed by atoms with van der Waals surface area (Å²) in [5.41, 5.74) is 0.0958. The van der Waals surface area contributed by atoms with Gasteiger partial charge in [0, 0.05) is 11.1 Å². The fourth-order valence-electron chi connectivity index (χ4n) is 3.78. The maximum atomic E-state index is 13.4. The van der Waals surface area contributed by atoms with E-state index in [0.717, 1.165) is 23.9 Å². The topological polar surface area (TPSA) is 77.1 Å². The van der Waals surface area contributed by atoms with Crippen LogP contribution in [0.3, 0.4) is 0 Å². The molecule has 0 spiro atoms. The third-order valence-electron chi connectivity index (χ3n) is 5.51. The molecule has 11 heteroatoms. The van der Waals surface area contributed by atoms with E-state index in [-0.39, 0.29) is 28.7 Å². The average Bonchev–Trinajstić information content (AvgIpc) is 3.24. The Morgan fingerprint density at radius 2 is 1.78 bits per heavy atom. The van der Waals surface area contributed by atoms with E-state index < -0.39 is 29.0 Å². The molecule has 5 aromatic rings. The number of nitrogens with one attached hydrogen (secondary N) is 1. The average molecular weight is 527 g/mol. The summed E-state index contributed by atoms with van der Waals surface area (Å²) < 4.78 is 59.4. The summed E-state index contributed by atoms with van der Waals surface area (Å²) >= 11 is 0.949. The minimum absolute atomic E-state index is 0.00614. The number of nitrogens with zero attached hydrogens (tertiary/aromatic N) is 2. The molecule has 0 aliphatic carbocycles. The van der Waals surface area contributed by atoms with E-state index >= 15 is 0 Å². The number of carbonyl (C=O) groups excluding carboxylic acids is 1. The van der Waals surface area contributed by atoms with E-state index in [0.29, 0.717) is 22.0 Å². The van der Waals surface area contributed by atoms with Gasteiger partial charge in [-0.05, 0) is 48.0 Å². The standard InChI is InChI=1S/C26H17F4N3O3S/c27-17-10-8-15(9-11-17)13-33-24(35)23-22(19-6-1-2-7-20(19)36-23)32-25(33)37-14-21(34)31-18-5-3-4-16(12-18)26(28,29)30/h1-12H,13-14H2,(H,31,34). The number of anilines is 1. The van der Waals surface area contributed by atoms with Crippen molar-refractivity contribution in [3.05, 3.63) is 100 Å². The smallest absolute Gasteiger partial charge is 0.416 e. The summed E-state index contributed by atoms with van der Waals surface area (Å²) in [6.07, 6.45) is -4.54. The summed E-state index contributed by atoms with van der Waals surface area (Å²) in [6.45, 7) is 0.0384. The van der Waals surface area contributed by atoms with Gasteiger partial charge >= 0.3 is 6.18 Å². The SMILES string of the molecule is O=C(CSc1nc2c(oc3ccccc32)c(=O)n1Cc1ccc(F)cc1)Nc1cccc(C(F)(F)F)c1. The second kappa shape index (κ2) is 9.74. The Bertz CT molecular complexity index is 1680. The molecule has 1 amide bonds. The zero-order valence-electron chi connectivity index (χ0n) is 18.9. The predicted molar refractivity (Wildman–Crippen MR) is 132 cm³/mol. The first-order chi connectivity index (χ1) is 17.7. The summed E-state index contributed by atoms with van der Waals surface area (Å²) in [5, 5.41) is 3.27. The van der Waals surface area contributed by atoms with Gasteiger partial charge in [-0.25, -0.2) is 9.37 Å². The lowest BCUT2D eigenvalue weighted by molar-refractivity contribution is -0.137. The Labute approximate surface area is 210 Å². The molecule has 6 nitrogen and oxygen atoms in total. The molecule has 0 radical (unpaired) electrons. The van der Waals surface area contributed by atoms with Gasteiger partial charge in [0.15, 0.2) is 5.16 Å². The highest BCUT2D eigenvalue weighted by Crippen LogP contribution is 2.31. The number of hydrogen-bond acceptors (Lipinski definition) is 5. The third kappa shape index (κ3) is 5.21. The molecule has 0 aliphatic rings. The predicted octanol–water partition coefficient (Wildman–Crippen LogP) is 6.08. The molecule has 0 unspecified atom stereocenters. The van der Waals surface area contributed by atoms with Crippen molar-refractivity contribution in [1.82, 2.24) is 9.55 Å². The van der Waals surface area contributed by atoms with Crippen LogP contribution in [0.4, 0.5) is 23.2 Å². The Morgan fingerprint density at radius 3 is 2.54 bits per heavy atom. The number of thioether (sulfide) groups is 1. The summed E-state index contributed by atoms with van der Waals surface area (Å²) in [5.74, 6) is -1.24. The van der Waals surface area contributed by atoms with E-state index in [1.54, 1.807) is 24.3 Å². The number of amides is 1. The van der Waals surface area contributed by atoms with Crippen LogP contribution in [0.15, 0.2) is 87.2 Å². The fourth-order valence-corrected chi connectivity index (χ4v) is 4.57. The molecule has 0 fully saturated rings. The first-order valence-electron chi connectivity index (χ1n) is 11.0. The van der Waals surface area contributed by atoms with Crippen molar-refractivity contribution in [2.45, 2.75) is 17.9 Å². The van der Waals surface area contributed by atoms with Crippen LogP contribution in [0.2, 0.25) is 0 Å². The lowest BCUT2D eigenvalue weighted by Gasteiger charge is -2.12. The Kier molecular flexibility index (Phi) is 6.46. The van der Waals surface area contributed by atoms with E-state index in [4.69, 9.17) is 4.42 Å². The number of aromatic nitrogens is 2. The summed E-state index contributed by atoms with van der Waals surface area (Å²) in [7, 11) is 0. The number of fused-ring (bicyclic) bond motifs is 3. The normalized spacial score (nSPS) is 11.8. The molecular weight excluding hydrogens is 510 g/mol. The maximum absolute atomic E-state index is 13.4. The second-order valence-corrected chi connectivity index (χ2v) is 9.05. The van der Waals surface area contributed by atoms with Crippen LogP contribution in [0.25, 0.3) is 22.1 Å². The van der Waals surface area contributed by atoms with Crippen molar-refractivity contribution >= 4 is 45.4 Å². The molecule has 0 atom stereocenters.